The molecular formula is C9H17NO2. The highest BCUT2D eigenvalue weighted by atomic mass is 16.4. The van der Waals surface area contributed by atoms with Gasteiger partial charge in [-0.05, 0) is 18.8 Å². The van der Waals surface area contributed by atoms with Crippen LogP contribution in [0.25, 0.3) is 0 Å². The molecule has 3 heteroatoms. The maximum absolute atomic E-state index is 10.9. The molecule has 3 N–H and O–H groups in total. The number of rotatable bonds is 1. The Kier molecular flexibility index (Phi) is 2.73. The van der Waals surface area contributed by atoms with Gasteiger partial charge in [0.25, 0.3) is 0 Å². The van der Waals surface area contributed by atoms with Gasteiger partial charge in [0.1, 0.15) is 5.54 Å². The first-order valence-corrected chi connectivity index (χ1v) is 4.59. The van der Waals surface area contributed by atoms with Gasteiger partial charge < -0.3 is 10.8 Å². The molecule has 3 nitrogen and oxygen atoms in total. The summed E-state index contributed by atoms with van der Waals surface area (Å²) in [6.45, 7) is 1.94. The van der Waals surface area contributed by atoms with E-state index in [1.165, 1.54) is 0 Å². The molecule has 1 aliphatic carbocycles. The van der Waals surface area contributed by atoms with Gasteiger partial charge in [-0.2, -0.15) is 0 Å². The summed E-state index contributed by atoms with van der Waals surface area (Å²) in [5.41, 5.74) is 4.88. The van der Waals surface area contributed by atoms with Crippen LogP contribution in [0, 0.1) is 5.92 Å². The Morgan fingerprint density at radius 1 is 1.50 bits per heavy atom. The van der Waals surface area contributed by atoms with E-state index in [4.69, 9.17) is 10.8 Å². The summed E-state index contributed by atoms with van der Waals surface area (Å²) in [5.74, 6) is -0.727. The monoisotopic (exact) mass is 171 g/mol. The number of hydrogen-bond acceptors (Lipinski definition) is 2. The summed E-state index contributed by atoms with van der Waals surface area (Å²) in [6, 6.07) is 0. The lowest BCUT2D eigenvalue weighted by molar-refractivity contribution is -0.145. The second-order valence-electron chi connectivity index (χ2n) is 3.85. The Balaban J connectivity index is 2.75. The van der Waals surface area contributed by atoms with E-state index in [0.29, 0.717) is 6.42 Å². The zero-order valence-corrected chi connectivity index (χ0v) is 7.55. The zero-order chi connectivity index (χ0) is 9.19. The van der Waals surface area contributed by atoms with Crippen LogP contribution in [0.1, 0.15) is 39.0 Å². The molecule has 0 aromatic heterocycles. The minimum absolute atomic E-state index is 0.109. The molecule has 0 amide bonds. The number of carboxylic acid groups (broad SMARTS) is 1. The summed E-state index contributed by atoms with van der Waals surface area (Å²) < 4.78 is 0. The molecule has 0 spiro atoms. The van der Waals surface area contributed by atoms with Gasteiger partial charge in [0, 0.05) is 0 Å². The molecule has 0 aromatic rings. The lowest BCUT2D eigenvalue weighted by atomic mass is 9.82. The number of aliphatic carboxylic acids is 1. The van der Waals surface area contributed by atoms with Crippen molar-refractivity contribution in [2.24, 2.45) is 11.7 Å². The molecule has 0 saturated heterocycles. The highest BCUT2D eigenvalue weighted by Gasteiger charge is 2.39. The number of hydrogen-bond donors (Lipinski definition) is 2. The molecular weight excluding hydrogens is 154 g/mol. The fraction of sp³-hybridized carbons (Fsp3) is 0.889. The van der Waals surface area contributed by atoms with Gasteiger partial charge in [-0.3, -0.25) is 4.79 Å². The van der Waals surface area contributed by atoms with Crippen molar-refractivity contribution >= 4 is 5.97 Å². The Hall–Kier alpha value is -0.570. The molecule has 2 unspecified atom stereocenters. The summed E-state index contributed by atoms with van der Waals surface area (Å²) in [7, 11) is 0. The second-order valence-corrected chi connectivity index (χ2v) is 3.85. The molecule has 0 aliphatic heterocycles. The third-order valence-corrected chi connectivity index (χ3v) is 3.01. The minimum Gasteiger partial charge on any atom is -0.480 e. The van der Waals surface area contributed by atoms with E-state index >= 15 is 0 Å². The predicted octanol–water partition coefficient (Wildman–Crippen LogP) is 1.37. The van der Waals surface area contributed by atoms with Crippen molar-refractivity contribution in [3.05, 3.63) is 0 Å². The maximum Gasteiger partial charge on any atom is 0.323 e. The van der Waals surface area contributed by atoms with Crippen LogP contribution in [-0.2, 0) is 4.79 Å². The average molecular weight is 171 g/mol. The van der Waals surface area contributed by atoms with Crippen molar-refractivity contribution < 1.29 is 9.90 Å². The Morgan fingerprint density at radius 3 is 2.75 bits per heavy atom. The van der Waals surface area contributed by atoms with Gasteiger partial charge in [0.05, 0.1) is 0 Å². The Bertz CT molecular complexity index is 181. The molecule has 70 valence electrons. The molecule has 1 fully saturated rings. The Labute approximate surface area is 72.9 Å². The largest absolute Gasteiger partial charge is 0.480 e. The minimum atomic E-state index is -0.962. The molecule has 0 radical (unpaired) electrons. The van der Waals surface area contributed by atoms with Crippen LogP contribution in [0.15, 0.2) is 0 Å². The first kappa shape index (κ1) is 9.52. The number of carboxylic acids is 1. The zero-order valence-electron chi connectivity index (χ0n) is 7.55. The molecule has 12 heavy (non-hydrogen) atoms. The molecule has 0 aromatic carbocycles. The molecule has 0 heterocycles. The normalized spacial score (nSPS) is 37.3. The Morgan fingerprint density at radius 2 is 2.17 bits per heavy atom. The molecule has 0 bridgehead atoms. The standard InChI is InChI=1S/C9H17NO2/c1-7-5-3-2-4-6-9(7,10)8(11)12/h7H,2-6,10H2,1H3,(H,11,12). The van der Waals surface area contributed by atoms with Crippen molar-refractivity contribution in [2.45, 2.75) is 44.6 Å². The molecule has 1 aliphatic rings. The third kappa shape index (κ3) is 1.61. The number of nitrogens with two attached hydrogens (primary N) is 1. The van der Waals surface area contributed by atoms with Crippen LogP contribution in [-0.4, -0.2) is 16.6 Å². The average Bonchev–Trinajstić information content (AvgIpc) is 2.16. The second kappa shape index (κ2) is 3.44. The van der Waals surface area contributed by atoms with E-state index < -0.39 is 11.5 Å². The smallest absolute Gasteiger partial charge is 0.323 e. The van der Waals surface area contributed by atoms with Crippen LogP contribution >= 0.6 is 0 Å². The molecule has 2 atom stereocenters. The third-order valence-electron chi connectivity index (χ3n) is 3.01. The summed E-state index contributed by atoms with van der Waals surface area (Å²) in [6.07, 6.45) is 4.77. The summed E-state index contributed by atoms with van der Waals surface area (Å²) in [5, 5.41) is 8.97. The van der Waals surface area contributed by atoms with Crippen LogP contribution in [0.5, 0.6) is 0 Å². The van der Waals surface area contributed by atoms with Crippen molar-refractivity contribution in [3.8, 4) is 0 Å². The van der Waals surface area contributed by atoms with Gasteiger partial charge in [-0.25, -0.2) is 0 Å². The SMILES string of the molecule is CC1CCCCCC1(N)C(=O)O. The summed E-state index contributed by atoms with van der Waals surface area (Å²) in [4.78, 5) is 10.9. The van der Waals surface area contributed by atoms with E-state index in [0.717, 1.165) is 25.7 Å². The topological polar surface area (TPSA) is 63.3 Å². The van der Waals surface area contributed by atoms with Crippen LogP contribution in [0.4, 0.5) is 0 Å². The number of carbonyl (C=O) groups is 1. The van der Waals surface area contributed by atoms with E-state index in [2.05, 4.69) is 0 Å². The van der Waals surface area contributed by atoms with Crippen molar-refractivity contribution in [1.82, 2.24) is 0 Å². The van der Waals surface area contributed by atoms with Gasteiger partial charge in [-0.1, -0.05) is 26.2 Å². The van der Waals surface area contributed by atoms with Crippen LogP contribution in [0.2, 0.25) is 0 Å². The first-order chi connectivity index (χ1) is 5.57. The highest BCUT2D eigenvalue weighted by Crippen LogP contribution is 2.30. The lowest BCUT2D eigenvalue weighted by Gasteiger charge is -2.29. The first-order valence-electron chi connectivity index (χ1n) is 4.59. The van der Waals surface area contributed by atoms with Crippen LogP contribution < -0.4 is 5.73 Å². The van der Waals surface area contributed by atoms with E-state index in [1.54, 1.807) is 0 Å². The van der Waals surface area contributed by atoms with Crippen molar-refractivity contribution in [2.75, 3.05) is 0 Å². The van der Waals surface area contributed by atoms with E-state index in [-0.39, 0.29) is 5.92 Å². The molecule has 1 saturated carbocycles. The van der Waals surface area contributed by atoms with Crippen molar-refractivity contribution in [1.29, 1.82) is 0 Å². The van der Waals surface area contributed by atoms with Crippen LogP contribution in [0.3, 0.4) is 0 Å². The van der Waals surface area contributed by atoms with Crippen molar-refractivity contribution in [3.63, 3.8) is 0 Å². The van der Waals surface area contributed by atoms with Gasteiger partial charge in [-0.15, -0.1) is 0 Å². The summed E-state index contributed by atoms with van der Waals surface area (Å²) >= 11 is 0. The molecule has 1 rings (SSSR count). The quantitative estimate of drug-likeness (QED) is 0.586. The lowest BCUT2D eigenvalue weighted by Crippen LogP contribution is -2.52. The maximum atomic E-state index is 10.9. The van der Waals surface area contributed by atoms with Gasteiger partial charge in [0.15, 0.2) is 0 Å². The fourth-order valence-corrected chi connectivity index (χ4v) is 1.87. The van der Waals surface area contributed by atoms with Gasteiger partial charge >= 0.3 is 5.97 Å². The fourth-order valence-electron chi connectivity index (χ4n) is 1.87. The van der Waals surface area contributed by atoms with Gasteiger partial charge in [0.2, 0.25) is 0 Å². The van der Waals surface area contributed by atoms with E-state index in [1.807, 2.05) is 6.92 Å². The highest BCUT2D eigenvalue weighted by molar-refractivity contribution is 5.78. The predicted molar refractivity (Wildman–Crippen MR) is 46.8 cm³/mol. The van der Waals surface area contributed by atoms with E-state index in [9.17, 15) is 4.79 Å².